The molecule has 6 rings (SSSR count). The van der Waals surface area contributed by atoms with E-state index in [1.165, 1.54) is 4.90 Å². The first-order valence-electron chi connectivity index (χ1n) is 15.5. The van der Waals surface area contributed by atoms with E-state index in [0.717, 1.165) is 54.2 Å². The van der Waals surface area contributed by atoms with Gasteiger partial charge in [-0.05, 0) is 61.2 Å². The molecule has 3 amide bonds. The Balaban J connectivity index is 1.04. The van der Waals surface area contributed by atoms with Crippen molar-refractivity contribution in [3.05, 3.63) is 66.0 Å². The minimum absolute atomic E-state index is 0.174. The highest BCUT2D eigenvalue weighted by molar-refractivity contribution is 6.06. The number of urea groups is 1. The number of hydrogen-bond donors (Lipinski definition) is 1. The molecule has 0 atom stereocenters. The number of nitrogen functional groups attached to an aromatic ring is 1. The number of carbonyl (C=O) groups excluding carboxylic acids is 2. The summed E-state index contributed by atoms with van der Waals surface area (Å²) in [6, 6.07) is 13.4. The Hall–Kier alpha value is -4.12. The number of nitrogens with zero attached hydrogens (tertiary/aromatic N) is 6. The van der Waals surface area contributed by atoms with Gasteiger partial charge in [-0.3, -0.25) is 19.3 Å². The first-order chi connectivity index (χ1) is 21.2. The standard InChI is InChI=1S/C33H42FN7O3/c1-24-19-28(5-8-30(24)39-16-11-31(42)40(32(39)43)21-25-3-6-29(44-2)7-4-25)38-17-12-33(34,13-18-38)23-37-14-9-27(10-15-37)41-22-26(35)20-36-41/h3-8,19-20,22,27H,9-18,21,23,35H2,1-2H3. The van der Waals surface area contributed by atoms with E-state index in [1.54, 1.807) is 18.2 Å². The van der Waals surface area contributed by atoms with E-state index in [-0.39, 0.29) is 24.9 Å². The van der Waals surface area contributed by atoms with Crippen LogP contribution in [0.3, 0.4) is 0 Å². The van der Waals surface area contributed by atoms with Crippen molar-refractivity contribution in [2.24, 2.45) is 0 Å². The van der Waals surface area contributed by atoms with E-state index in [1.807, 2.05) is 54.2 Å². The number of carbonyl (C=O) groups is 2. The minimum Gasteiger partial charge on any atom is -0.497 e. The number of imide groups is 1. The van der Waals surface area contributed by atoms with Gasteiger partial charge < -0.3 is 20.3 Å². The lowest BCUT2D eigenvalue weighted by Crippen LogP contribution is -2.52. The molecule has 1 aromatic heterocycles. The number of amides is 3. The third kappa shape index (κ3) is 6.38. The number of benzene rings is 2. The fraction of sp³-hybridized carbons (Fsp3) is 0.485. The molecule has 0 bridgehead atoms. The summed E-state index contributed by atoms with van der Waals surface area (Å²) in [7, 11) is 1.60. The molecule has 3 saturated heterocycles. The van der Waals surface area contributed by atoms with Crippen molar-refractivity contribution in [3.8, 4) is 5.75 Å². The molecule has 0 unspecified atom stereocenters. The monoisotopic (exact) mass is 603 g/mol. The summed E-state index contributed by atoms with van der Waals surface area (Å²) in [6.45, 7) is 6.02. The summed E-state index contributed by atoms with van der Waals surface area (Å²) in [5.41, 5.74) is 8.94. The number of nitrogens with two attached hydrogens (primary N) is 1. The smallest absolute Gasteiger partial charge is 0.331 e. The van der Waals surface area contributed by atoms with Gasteiger partial charge in [0.2, 0.25) is 5.91 Å². The lowest BCUT2D eigenvalue weighted by atomic mass is 9.91. The van der Waals surface area contributed by atoms with Crippen LogP contribution in [0, 0.1) is 6.92 Å². The van der Waals surface area contributed by atoms with Crippen molar-refractivity contribution in [1.29, 1.82) is 0 Å². The zero-order valence-electron chi connectivity index (χ0n) is 25.6. The summed E-state index contributed by atoms with van der Waals surface area (Å²) in [5.74, 6) is 0.550. The van der Waals surface area contributed by atoms with Crippen molar-refractivity contribution in [2.75, 3.05) is 61.9 Å². The van der Waals surface area contributed by atoms with Crippen LogP contribution in [0.2, 0.25) is 0 Å². The van der Waals surface area contributed by atoms with Gasteiger partial charge in [-0.1, -0.05) is 12.1 Å². The van der Waals surface area contributed by atoms with E-state index in [9.17, 15) is 9.59 Å². The van der Waals surface area contributed by atoms with Gasteiger partial charge in [-0.2, -0.15) is 5.10 Å². The van der Waals surface area contributed by atoms with Crippen molar-refractivity contribution < 1.29 is 18.7 Å². The highest BCUT2D eigenvalue weighted by atomic mass is 19.1. The van der Waals surface area contributed by atoms with Crippen molar-refractivity contribution in [1.82, 2.24) is 19.6 Å². The zero-order chi connectivity index (χ0) is 30.8. The van der Waals surface area contributed by atoms with Gasteiger partial charge in [-0.25, -0.2) is 9.18 Å². The van der Waals surface area contributed by atoms with Crippen molar-refractivity contribution in [2.45, 2.75) is 57.3 Å². The largest absolute Gasteiger partial charge is 0.497 e. The van der Waals surface area contributed by atoms with Crippen LogP contribution in [0.15, 0.2) is 54.9 Å². The molecule has 3 fully saturated rings. The number of methoxy groups -OCH3 is 1. The van der Waals surface area contributed by atoms with Gasteiger partial charge in [0.1, 0.15) is 11.4 Å². The molecular weight excluding hydrogens is 561 g/mol. The maximum atomic E-state index is 16.0. The van der Waals surface area contributed by atoms with Crippen LogP contribution in [0.25, 0.3) is 0 Å². The number of piperidine rings is 2. The maximum absolute atomic E-state index is 16.0. The molecule has 3 aromatic rings. The summed E-state index contributed by atoms with van der Waals surface area (Å²) < 4.78 is 23.1. The van der Waals surface area contributed by atoms with Crippen LogP contribution in [0.4, 0.5) is 26.2 Å². The van der Waals surface area contributed by atoms with Gasteiger partial charge in [0, 0.05) is 76.1 Å². The van der Waals surface area contributed by atoms with Crippen LogP contribution < -0.4 is 20.3 Å². The Bertz CT molecular complexity index is 1480. The Labute approximate surface area is 258 Å². The molecule has 2 aromatic carbocycles. The lowest BCUT2D eigenvalue weighted by molar-refractivity contribution is -0.129. The van der Waals surface area contributed by atoms with Crippen LogP contribution in [0.5, 0.6) is 5.75 Å². The Morgan fingerprint density at radius 1 is 1.02 bits per heavy atom. The SMILES string of the molecule is COc1ccc(CN2C(=O)CCN(c3ccc(N4CCC(F)(CN5CCC(n6cc(N)cn6)CC5)CC4)cc3C)C2=O)cc1. The van der Waals surface area contributed by atoms with Gasteiger partial charge in [0.05, 0.1) is 31.6 Å². The zero-order valence-corrected chi connectivity index (χ0v) is 25.6. The first kappa shape index (κ1) is 29.9. The molecule has 234 valence electrons. The predicted octanol–water partition coefficient (Wildman–Crippen LogP) is 4.79. The molecule has 0 aliphatic carbocycles. The van der Waals surface area contributed by atoms with Crippen LogP contribution in [-0.2, 0) is 11.3 Å². The molecule has 0 radical (unpaired) electrons. The van der Waals surface area contributed by atoms with Crippen molar-refractivity contribution >= 4 is 29.0 Å². The fourth-order valence-corrected chi connectivity index (χ4v) is 6.74. The van der Waals surface area contributed by atoms with Crippen LogP contribution >= 0.6 is 0 Å². The number of halogens is 1. The second-order valence-electron chi connectivity index (χ2n) is 12.4. The van der Waals surface area contributed by atoms with Crippen LogP contribution in [0.1, 0.15) is 49.3 Å². The average molecular weight is 604 g/mol. The van der Waals surface area contributed by atoms with Gasteiger partial charge in [-0.15, -0.1) is 0 Å². The van der Waals surface area contributed by atoms with E-state index >= 15 is 4.39 Å². The number of likely N-dealkylation sites (tertiary alicyclic amines) is 1. The summed E-state index contributed by atoms with van der Waals surface area (Å²) in [4.78, 5) is 33.7. The summed E-state index contributed by atoms with van der Waals surface area (Å²) >= 11 is 0. The third-order valence-electron chi connectivity index (χ3n) is 9.37. The third-order valence-corrected chi connectivity index (χ3v) is 9.37. The quantitative estimate of drug-likeness (QED) is 0.395. The number of ether oxygens (including phenoxy) is 1. The summed E-state index contributed by atoms with van der Waals surface area (Å²) in [6.07, 6.45) is 6.69. The molecule has 10 nitrogen and oxygen atoms in total. The highest BCUT2D eigenvalue weighted by Gasteiger charge is 2.38. The fourth-order valence-electron chi connectivity index (χ4n) is 6.74. The number of rotatable bonds is 8. The topological polar surface area (TPSA) is 100 Å². The lowest BCUT2D eigenvalue weighted by Gasteiger charge is -2.42. The molecular formula is C33H42FN7O3. The molecule has 4 heterocycles. The normalized spacial score (nSPS) is 19.9. The van der Waals surface area contributed by atoms with Gasteiger partial charge in [0.25, 0.3) is 0 Å². The molecule has 3 aliphatic rings. The average Bonchev–Trinajstić information content (AvgIpc) is 3.46. The molecule has 2 N–H and O–H groups in total. The number of aromatic nitrogens is 2. The van der Waals surface area contributed by atoms with Crippen LogP contribution in [-0.4, -0.2) is 83.6 Å². The van der Waals surface area contributed by atoms with E-state index < -0.39 is 5.67 Å². The molecule has 3 aliphatic heterocycles. The van der Waals surface area contributed by atoms with E-state index in [0.29, 0.717) is 50.7 Å². The minimum atomic E-state index is -1.20. The van der Waals surface area contributed by atoms with E-state index in [4.69, 9.17) is 10.5 Å². The Morgan fingerprint density at radius 2 is 1.75 bits per heavy atom. The molecule has 44 heavy (non-hydrogen) atoms. The molecule has 0 saturated carbocycles. The number of aryl methyl sites for hydroxylation is 1. The number of alkyl halides is 1. The van der Waals surface area contributed by atoms with E-state index in [2.05, 4.69) is 21.0 Å². The predicted molar refractivity (Wildman–Crippen MR) is 169 cm³/mol. The van der Waals surface area contributed by atoms with Crippen molar-refractivity contribution in [3.63, 3.8) is 0 Å². The first-order valence-corrected chi connectivity index (χ1v) is 15.5. The maximum Gasteiger partial charge on any atom is 0.331 e. The summed E-state index contributed by atoms with van der Waals surface area (Å²) in [5, 5.41) is 4.35. The number of hydrogen-bond acceptors (Lipinski definition) is 7. The Morgan fingerprint density at radius 3 is 2.39 bits per heavy atom. The molecule has 0 spiro atoms. The van der Waals surface area contributed by atoms with Gasteiger partial charge in [0.15, 0.2) is 0 Å². The molecule has 11 heteroatoms. The second kappa shape index (κ2) is 12.5. The highest BCUT2D eigenvalue weighted by Crippen LogP contribution is 2.35. The second-order valence-corrected chi connectivity index (χ2v) is 12.4. The number of anilines is 3. The van der Waals surface area contributed by atoms with Gasteiger partial charge >= 0.3 is 6.03 Å². The Kier molecular flexibility index (Phi) is 8.48.